The molecule has 1 aliphatic rings. The van der Waals surface area contributed by atoms with Crippen LogP contribution in [0.25, 0.3) is 16.8 Å². The van der Waals surface area contributed by atoms with Gasteiger partial charge in [0.1, 0.15) is 5.75 Å². The summed E-state index contributed by atoms with van der Waals surface area (Å²) >= 11 is 1.14. The van der Waals surface area contributed by atoms with Crippen molar-refractivity contribution in [1.29, 1.82) is 5.41 Å². The van der Waals surface area contributed by atoms with Gasteiger partial charge in [-0.1, -0.05) is 43.7 Å². The number of unbranched alkanes of at least 4 members (excludes halogenated alkanes) is 1. The van der Waals surface area contributed by atoms with E-state index in [1.165, 1.54) is 0 Å². The normalized spacial score (nSPS) is 16.1. The van der Waals surface area contributed by atoms with Gasteiger partial charge in [0.2, 0.25) is 0 Å². The van der Waals surface area contributed by atoms with Crippen molar-refractivity contribution in [3.63, 3.8) is 0 Å². The topological polar surface area (TPSA) is 62.2 Å². The largest absolute Gasteiger partial charge is 0.493 e. The van der Waals surface area contributed by atoms with Crippen LogP contribution in [-0.2, 0) is 4.79 Å². The van der Waals surface area contributed by atoms with E-state index in [1.54, 1.807) is 0 Å². The number of ether oxygens (including phenoxy) is 1. The summed E-state index contributed by atoms with van der Waals surface area (Å²) in [5.74, 6) is 0.545. The summed E-state index contributed by atoms with van der Waals surface area (Å²) in [6, 6.07) is 12.0. The summed E-state index contributed by atoms with van der Waals surface area (Å²) in [7, 11) is 0. The second kappa shape index (κ2) is 6.87. The number of fused-ring (bicyclic) bond motifs is 1. The van der Waals surface area contributed by atoms with Crippen LogP contribution in [0.3, 0.4) is 0 Å². The first-order valence-electron chi connectivity index (χ1n) is 7.63. The zero-order chi connectivity index (χ0) is 16.2. The van der Waals surface area contributed by atoms with Gasteiger partial charge in [-0.25, -0.2) is 0 Å². The maximum absolute atomic E-state index is 11.9. The Morgan fingerprint density at radius 1 is 1.26 bits per heavy atom. The van der Waals surface area contributed by atoms with E-state index in [-0.39, 0.29) is 11.1 Å². The van der Waals surface area contributed by atoms with Crippen LogP contribution in [0.5, 0.6) is 5.75 Å². The Balaban J connectivity index is 2.07. The monoisotopic (exact) mass is 326 g/mol. The molecule has 23 heavy (non-hydrogen) atoms. The molecule has 0 bridgehead atoms. The van der Waals surface area contributed by atoms with Gasteiger partial charge in [0.05, 0.1) is 11.5 Å². The predicted octanol–water partition coefficient (Wildman–Crippen LogP) is 4.16. The summed E-state index contributed by atoms with van der Waals surface area (Å²) < 4.78 is 5.92. The number of benzene rings is 2. The zero-order valence-electron chi connectivity index (χ0n) is 12.9. The minimum absolute atomic E-state index is 0.162. The number of hydrogen-bond donors (Lipinski definition) is 2. The van der Waals surface area contributed by atoms with Gasteiger partial charge in [-0.15, -0.1) is 0 Å². The van der Waals surface area contributed by atoms with E-state index in [9.17, 15) is 4.79 Å². The molecule has 1 amide bonds. The number of amides is 1. The zero-order valence-corrected chi connectivity index (χ0v) is 13.7. The molecular weight excluding hydrogens is 308 g/mol. The van der Waals surface area contributed by atoms with Crippen LogP contribution in [0.4, 0.5) is 0 Å². The number of rotatable bonds is 5. The van der Waals surface area contributed by atoms with Gasteiger partial charge in [0, 0.05) is 5.56 Å². The maximum Gasteiger partial charge on any atom is 0.264 e. The molecule has 0 aliphatic carbocycles. The number of carbonyl (C=O) groups excluding carboxylic acids is 1. The Morgan fingerprint density at radius 2 is 2.09 bits per heavy atom. The third-order valence-electron chi connectivity index (χ3n) is 3.62. The van der Waals surface area contributed by atoms with Crippen LogP contribution in [-0.4, -0.2) is 17.7 Å². The van der Waals surface area contributed by atoms with Crippen molar-refractivity contribution in [1.82, 2.24) is 5.32 Å². The highest BCUT2D eigenvalue weighted by Gasteiger charge is 2.23. The highest BCUT2D eigenvalue weighted by Crippen LogP contribution is 2.33. The van der Waals surface area contributed by atoms with Crippen molar-refractivity contribution >= 4 is 39.7 Å². The molecule has 118 valence electrons. The summed E-state index contributed by atoms with van der Waals surface area (Å²) in [6.07, 6.45) is 3.88. The molecule has 1 heterocycles. The number of hydrogen-bond acceptors (Lipinski definition) is 4. The van der Waals surface area contributed by atoms with Gasteiger partial charge >= 0.3 is 0 Å². The van der Waals surface area contributed by atoms with Crippen molar-refractivity contribution in [3.8, 4) is 5.75 Å². The average Bonchev–Trinajstić information content (AvgIpc) is 2.87. The first kappa shape index (κ1) is 15.6. The van der Waals surface area contributed by atoms with Crippen LogP contribution in [0, 0.1) is 5.41 Å². The lowest BCUT2D eigenvalue weighted by atomic mass is 10.0. The molecular formula is C18H18N2O2S. The van der Waals surface area contributed by atoms with Gasteiger partial charge in [-0.2, -0.15) is 0 Å². The van der Waals surface area contributed by atoms with Crippen molar-refractivity contribution in [2.45, 2.75) is 19.8 Å². The van der Waals surface area contributed by atoms with E-state index in [0.29, 0.717) is 11.5 Å². The van der Waals surface area contributed by atoms with Crippen LogP contribution in [0.15, 0.2) is 41.3 Å². The Labute approximate surface area is 139 Å². The van der Waals surface area contributed by atoms with Gasteiger partial charge in [0.15, 0.2) is 5.17 Å². The van der Waals surface area contributed by atoms with Crippen LogP contribution < -0.4 is 10.1 Å². The first-order valence-corrected chi connectivity index (χ1v) is 8.44. The number of thioether (sulfide) groups is 1. The van der Waals surface area contributed by atoms with E-state index in [2.05, 4.69) is 12.2 Å². The number of nitrogens with one attached hydrogen (secondary N) is 2. The molecule has 0 unspecified atom stereocenters. The molecule has 1 saturated heterocycles. The van der Waals surface area contributed by atoms with Crippen LogP contribution >= 0.6 is 11.8 Å². The molecule has 0 atom stereocenters. The molecule has 4 nitrogen and oxygen atoms in total. The Bertz CT molecular complexity index is 799. The predicted molar refractivity (Wildman–Crippen MR) is 95.8 cm³/mol. The van der Waals surface area contributed by atoms with E-state index in [0.717, 1.165) is 46.7 Å². The lowest BCUT2D eigenvalue weighted by Gasteiger charge is -2.12. The third-order valence-corrected chi connectivity index (χ3v) is 4.45. The van der Waals surface area contributed by atoms with Crippen LogP contribution in [0.2, 0.25) is 0 Å². The third kappa shape index (κ3) is 3.40. The molecule has 5 heteroatoms. The molecule has 2 aromatic carbocycles. The summed E-state index contributed by atoms with van der Waals surface area (Å²) in [6.45, 7) is 2.78. The van der Waals surface area contributed by atoms with Gasteiger partial charge < -0.3 is 10.1 Å². The van der Waals surface area contributed by atoms with Crippen molar-refractivity contribution in [2.24, 2.45) is 0 Å². The Morgan fingerprint density at radius 3 is 2.83 bits per heavy atom. The molecule has 2 aromatic rings. The summed E-state index contributed by atoms with van der Waals surface area (Å²) in [5.41, 5.74) is 0.895. The van der Waals surface area contributed by atoms with Gasteiger partial charge in [-0.05, 0) is 41.1 Å². The molecule has 2 N–H and O–H groups in total. The fourth-order valence-electron chi connectivity index (χ4n) is 2.45. The van der Waals surface area contributed by atoms with E-state index < -0.39 is 0 Å². The minimum Gasteiger partial charge on any atom is -0.493 e. The average molecular weight is 326 g/mol. The first-order chi connectivity index (χ1) is 11.2. The second-order valence-corrected chi connectivity index (χ2v) is 6.35. The smallest absolute Gasteiger partial charge is 0.264 e. The van der Waals surface area contributed by atoms with E-state index in [4.69, 9.17) is 10.1 Å². The van der Waals surface area contributed by atoms with E-state index >= 15 is 0 Å². The Hall–Kier alpha value is -2.27. The highest BCUT2D eigenvalue weighted by atomic mass is 32.2. The summed E-state index contributed by atoms with van der Waals surface area (Å²) in [5, 5.41) is 12.4. The lowest BCUT2D eigenvalue weighted by molar-refractivity contribution is -0.115. The van der Waals surface area contributed by atoms with E-state index in [1.807, 2.05) is 42.5 Å². The standard InChI is InChI=1S/C18H18N2O2S/c1-2-3-10-22-15-9-8-12-6-4-5-7-13(12)14(15)11-16-17(21)20-18(19)23-16/h4-9,11H,2-3,10H2,1H3,(H2,19,20,21)/b16-11-. The van der Waals surface area contributed by atoms with Gasteiger partial charge in [-0.3, -0.25) is 10.2 Å². The quantitative estimate of drug-likeness (QED) is 0.641. The lowest BCUT2D eigenvalue weighted by Crippen LogP contribution is -2.18. The van der Waals surface area contributed by atoms with Crippen molar-refractivity contribution in [3.05, 3.63) is 46.9 Å². The summed E-state index contributed by atoms with van der Waals surface area (Å²) in [4.78, 5) is 12.4. The fourth-order valence-corrected chi connectivity index (χ4v) is 3.13. The van der Waals surface area contributed by atoms with Crippen LogP contribution in [0.1, 0.15) is 25.3 Å². The molecule has 1 fully saturated rings. The maximum atomic E-state index is 11.9. The van der Waals surface area contributed by atoms with Crippen molar-refractivity contribution in [2.75, 3.05) is 6.61 Å². The molecule has 0 aromatic heterocycles. The fraction of sp³-hybridized carbons (Fsp3) is 0.222. The molecule has 1 aliphatic heterocycles. The molecule has 0 spiro atoms. The second-order valence-electron chi connectivity index (χ2n) is 5.29. The Kier molecular flexibility index (Phi) is 4.67. The highest BCUT2D eigenvalue weighted by molar-refractivity contribution is 8.18. The number of amidine groups is 1. The SMILES string of the molecule is CCCCOc1ccc2ccccc2c1/C=C1\SC(=N)NC1=O. The minimum atomic E-state index is -0.229. The molecule has 0 radical (unpaired) electrons. The van der Waals surface area contributed by atoms with Crippen molar-refractivity contribution < 1.29 is 9.53 Å². The molecule has 0 saturated carbocycles. The number of carbonyl (C=O) groups is 1. The van der Waals surface area contributed by atoms with Gasteiger partial charge in [0.25, 0.3) is 5.91 Å². The molecule has 3 rings (SSSR count).